The van der Waals surface area contributed by atoms with Crippen LogP contribution in [0.2, 0.25) is 18.1 Å². The molecule has 7 heteroatoms. The smallest absolute Gasteiger partial charge is 0.309 e. The molecule has 200 valence electrons. The van der Waals surface area contributed by atoms with Gasteiger partial charge in [-0.15, -0.1) is 11.3 Å². The van der Waals surface area contributed by atoms with Crippen LogP contribution in [0.4, 0.5) is 0 Å². The molecule has 3 rings (SSSR count). The highest BCUT2D eigenvalue weighted by atomic mass is 32.1. The first-order valence-electron chi connectivity index (χ1n) is 13.5. The Morgan fingerprint density at radius 2 is 1.78 bits per heavy atom. The van der Waals surface area contributed by atoms with Crippen LogP contribution in [0.1, 0.15) is 78.2 Å². The molecule has 4 atom stereocenters. The summed E-state index contributed by atoms with van der Waals surface area (Å²) in [5.41, 5.74) is 2.07. The first-order chi connectivity index (χ1) is 17.0. The number of hydrogen-bond donors (Lipinski definition) is 0. The fourth-order valence-corrected chi connectivity index (χ4v) is 6.97. The summed E-state index contributed by atoms with van der Waals surface area (Å²) in [5.74, 6) is -0.381. The molecule has 1 aromatic heterocycles. The van der Waals surface area contributed by atoms with E-state index in [2.05, 4.69) is 65.2 Å². The van der Waals surface area contributed by atoms with Gasteiger partial charge >= 0.3 is 5.97 Å². The molecule has 5 nitrogen and oxygen atoms in total. The number of aromatic nitrogens is 1. The summed E-state index contributed by atoms with van der Waals surface area (Å²) in [5, 5.41) is 3.20. The van der Waals surface area contributed by atoms with E-state index in [4.69, 9.17) is 18.9 Å². The van der Waals surface area contributed by atoms with Crippen LogP contribution in [-0.4, -0.2) is 44.2 Å². The second-order valence-corrected chi connectivity index (χ2v) is 17.1. The van der Waals surface area contributed by atoms with E-state index >= 15 is 0 Å². The van der Waals surface area contributed by atoms with Crippen LogP contribution in [0.5, 0.6) is 0 Å². The van der Waals surface area contributed by atoms with Crippen LogP contribution in [0, 0.1) is 5.92 Å². The molecule has 1 fully saturated rings. The predicted molar refractivity (Wildman–Crippen MR) is 151 cm³/mol. The summed E-state index contributed by atoms with van der Waals surface area (Å²) >= 11 is 1.66. The van der Waals surface area contributed by atoms with Gasteiger partial charge in [0.25, 0.3) is 0 Å². The number of benzene rings is 1. The largest absolute Gasteiger partial charge is 0.466 e. The molecule has 1 aliphatic carbocycles. The van der Waals surface area contributed by atoms with Crippen LogP contribution in [0.15, 0.2) is 35.7 Å². The Hall–Kier alpha value is -1.54. The quantitative estimate of drug-likeness (QED) is 0.231. The van der Waals surface area contributed by atoms with E-state index in [9.17, 15) is 4.79 Å². The SMILES string of the molecule is CCOC(=O)[C@H]1C[C@@H](OC(CC)CC)[C@@H](O[Si](C)(C)C(C)(C)C)[C@H](c2nc(-c3ccccc3)cs2)C1. The summed E-state index contributed by atoms with van der Waals surface area (Å²) in [6, 6.07) is 10.3. The van der Waals surface area contributed by atoms with Crippen molar-refractivity contribution >= 4 is 25.6 Å². The van der Waals surface area contributed by atoms with Gasteiger partial charge in [0.1, 0.15) is 0 Å². The van der Waals surface area contributed by atoms with E-state index in [-0.39, 0.29) is 41.2 Å². The maximum absolute atomic E-state index is 13.0. The van der Waals surface area contributed by atoms with Crippen molar-refractivity contribution < 1.29 is 18.7 Å². The molecule has 0 unspecified atom stereocenters. The minimum Gasteiger partial charge on any atom is -0.466 e. The lowest BCUT2D eigenvalue weighted by Gasteiger charge is -2.47. The van der Waals surface area contributed by atoms with Gasteiger partial charge in [0.15, 0.2) is 8.32 Å². The van der Waals surface area contributed by atoms with Crippen molar-refractivity contribution in [3.63, 3.8) is 0 Å². The highest BCUT2D eigenvalue weighted by Gasteiger charge is 2.49. The Kier molecular flexibility index (Phi) is 9.94. The van der Waals surface area contributed by atoms with Crippen molar-refractivity contribution in [1.29, 1.82) is 0 Å². The van der Waals surface area contributed by atoms with E-state index < -0.39 is 8.32 Å². The van der Waals surface area contributed by atoms with Gasteiger partial charge in [0.2, 0.25) is 0 Å². The number of hydrogen-bond acceptors (Lipinski definition) is 6. The standard InChI is InChI=1S/C29H45NO4SSi/c1-9-22(10-2)33-25-18-21(28(31)32-11-3)17-23(26(25)34-36(7,8)29(4,5)6)27-30-24(19-35-27)20-15-13-12-14-16-20/h12-16,19,21-23,25-26H,9-11,17-18H2,1-8H3/t21-,23-,25-,26+/m1/s1. The molecule has 0 spiro atoms. The third-order valence-corrected chi connectivity index (χ3v) is 13.3. The zero-order valence-corrected chi connectivity index (χ0v) is 25.2. The third-order valence-electron chi connectivity index (χ3n) is 7.86. The first kappa shape index (κ1) is 29.0. The summed E-state index contributed by atoms with van der Waals surface area (Å²) < 4.78 is 19.4. The minimum absolute atomic E-state index is 0.0240. The molecule has 1 heterocycles. The van der Waals surface area contributed by atoms with Gasteiger partial charge in [-0.05, 0) is 50.7 Å². The summed E-state index contributed by atoms with van der Waals surface area (Å²) in [6.45, 7) is 18.0. The third kappa shape index (κ3) is 6.85. The molecule has 1 aromatic carbocycles. The maximum atomic E-state index is 13.0. The summed E-state index contributed by atoms with van der Waals surface area (Å²) in [4.78, 5) is 18.1. The molecule has 0 amide bonds. The highest BCUT2D eigenvalue weighted by Crippen LogP contribution is 2.46. The Morgan fingerprint density at radius 1 is 1.11 bits per heavy atom. The minimum atomic E-state index is -2.12. The van der Waals surface area contributed by atoms with Gasteiger partial charge in [-0.2, -0.15) is 0 Å². The number of carbonyl (C=O) groups excluding carboxylic acids is 1. The normalized spacial score (nSPS) is 23.1. The molecule has 0 N–H and O–H groups in total. The fourth-order valence-electron chi connectivity index (χ4n) is 4.64. The van der Waals surface area contributed by atoms with E-state index in [1.165, 1.54) is 0 Å². The average molecular weight is 532 g/mol. The zero-order valence-electron chi connectivity index (χ0n) is 23.4. The van der Waals surface area contributed by atoms with Crippen molar-refractivity contribution in [2.45, 2.75) is 110 Å². The van der Waals surface area contributed by atoms with Gasteiger partial charge in [-0.1, -0.05) is 65.0 Å². The van der Waals surface area contributed by atoms with Crippen LogP contribution in [0.25, 0.3) is 11.3 Å². The number of thiazole rings is 1. The fraction of sp³-hybridized carbons (Fsp3) is 0.655. The highest BCUT2D eigenvalue weighted by molar-refractivity contribution is 7.10. The van der Waals surface area contributed by atoms with Crippen molar-refractivity contribution in [2.24, 2.45) is 5.92 Å². The van der Waals surface area contributed by atoms with Gasteiger partial charge in [-0.25, -0.2) is 4.98 Å². The van der Waals surface area contributed by atoms with Crippen molar-refractivity contribution in [2.75, 3.05) is 6.61 Å². The monoisotopic (exact) mass is 531 g/mol. The first-order valence-corrected chi connectivity index (χ1v) is 17.3. The number of ether oxygens (including phenoxy) is 2. The predicted octanol–water partition coefficient (Wildman–Crippen LogP) is 7.83. The molecule has 1 saturated carbocycles. The molecule has 1 aliphatic rings. The second kappa shape index (κ2) is 12.3. The number of esters is 1. The van der Waals surface area contributed by atoms with E-state index in [1.54, 1.807) is 11.3 Å². The number of carbonyl (C=O) groups is 1. The van der Waals surface area contributed by atoms with Crippen LogP contribution >= 0.6 is 11.3 Å². The van der Waals surface area contributed by atoms with E-state index in [0.29, 0.717) is 19.4 Å². The molecular formula is C29H45NO4SSi. The van der Waals surface area contributed by atoms with Gasteiger partial charge < -0.3 is 13.9 Å². The lowest BCUT2D eigenvalue weighted by atomic mass is 9.77. The van der Waals surface area contributed by atoms with E-state index in [1.807, 2.05) is 25.1 Å². The Balaban J connectivity index is 2.04. The molecule has 0 radical (unpaired) electrons. The Morgan fingerprint density at radius 3 is 2.36 bits per heavy atom. The van der Waals surface area contributed by atoms with Crippen LogP contribution < -0.4 is 0 Å². The van der Waals surface area contributed by atoms with Crippen molar-refractivity contribution in [3.8, 4) is 11.3 Å². The number of rotatable bonds is 10. The van der Waals surface area contributed by atoms with Gasteiger partial charge in [0, 0.05) is 16.9 Å². The zero-order chi connectivity index (χ0) is 26.5. The van der Waals surface area contributed by atoms with Crippen molar-refractivity contribution in [1.82, 2.24) is 4.98 Å². The topological polar surface area (TPSA) is 57.7 Å². The molecule has 2 aromatic rings. The lowest BCUT2D eigenvalue weighted by Crippen LogP contribution is -2.53. The molecular weight excluding hydrogens is 486 g/mol. The maximum Gasteiger partial charge on any atom is 0.309 e. The van der Waals surface area contributed by atoms with Gasteiger partial charge in [0.05, 0.1) is 41.5 Å². The Bertz CT molecular complexity index is 967. The van der Waals surface area contributed by atoms with Crippen LogP contribution in [-0.2, 0) is 18.7 Å². The van der Waals surface area contributed by atoms with E-state index in [0.717, 1.165) is 29.1 Å². The summed E-state index contributed by atoms with van der Waals surface area (Å²) in [6.07, 6.45) is 2.98. The average Bonchev–Trinajstić information content (AvgIpc) is 3.33. The lowest BCUT2D eigenvalue weighted by molar-refractivity contribution is -0.158. The summed E-state index contributed by atoms with van der Waals surface area (Å²) in [7, 11) is -2.12. The van der Waals surface area contributed by atoms with Gasteiger partial charge in [-0.3, -0.25) is 4.79 Å². The second-order valence-electron chi connectivity index (χ2n) is 11.4. The Labute approximate surface area is 223 Å². The molecule has 0 bridgehead atoms. The molecule has 0 saturated heterocycles. The van der Waals surface area contributed by atoms with Crippen molar-refractivity contribution in [3.05, 3.63) is 40.7 Å². The van der Waals surface area contributed by atoms with Crippen LogP contribution in [0.3, 0.4) is 0 Å². The molecule has 36 heavy (non-hydrogen) atoms. The molecule has 0 aliphatic heterocycles. The number of nitrogens with zero attached hydrogens (tertiary/aromatic N) is 1.